The maximum atomic E-state index is 9.04. The van der Waals surface area contributed by atoms with Crippen molar-refractivity contribution in [2.45, 2.75) is 36.4 Å². The standard InChI is InChI=1S/C4H9O.C2H5.Zn/c1-3-4(2)5;1-2;/h4-5H,2-3H2,1H3;1H2,2H3;. The molecule has 0 aromatic rings. The Morgan fingerprint density at radius 2 is 2.12 bits per heavy atom. The third-order valence-corrected chi connectivity index (χ3v) is 5.10. The van der Waals surface area contributed by atoms with E-state index in [4.69, 9.17) is 5.11 Å². The van der Waals surface area contributed by atoms with Gasteiger partial charge in [-0.15, -0.1) is 0 Å². The van der Waals surface area contributed by atoms with E-state index in [2.05, 4.69) is 6.92 Å². The quantitative estimate of drug-likeness (QED) is 0.632. The predicted molar refractivity (Wildman–Crippen MR) is 31.6 cm³/mol. The zero-order valence-corrected chi connectivity index (χ0v) is 8.82. The summed E-state index contributed by atoms with van der Waals surface area (Å²) in [5.41, 5.74) is 0. The molecule has 2 heteroatoms. The Kier molecular flexibility index (Phi) is 6.13. The van der Waals surface area contributed by atoms with E-state index in [-0.39, 0.29) is 23.2 Å². The maximum absolute atomic E-state index is 9.04. The van der Waals surface area contributed by atoms with Gasteiger partial charge in [-0.3, -0.25) is 0 Å². The van der Waals surface area contributed by atoms with Gasteiger partial charge in [0, 0.05) is 0 Å². The van der Waals surface area contributed by atoms with Crippen LogP contribution < -0.4 is 0 Å². The molecular formula is C6H14OZn. The van der Waals surface area contributed by atoms with Crippen LogP contribution in [0.3, 0.4) is 0 Å². The molecule has 0 saturated carbocycles. The Labute approximate surface area is 59.1 Å². The summed E-state index contributed by atoms with van der Waals surface area (Å²) in [6.45, 7) is 4.27. The molecule has 0 rings (SSSR count). The van der Waals surface area contributed by atoms with Crippen LogP contribution in [0, 0.1) is 0 Å². The fraction of sp³-hybridized carbons (Fsp3) is 1.00. The zero-order valence-electron chi connectivity index (χ0n) is 5.85. The minimum atomic E-state index is -0.254. The first-order chi connectivity index (χ1) is 3.81. The van der Waals surface area contributed by atoms with Gasteiger partial charge in [-0.05, 0) is 0 Å². The van der Waals surface area contributed by atoms with Crippen molar-refractivity contribution in [2.24, 2.45) is 0 Å². The molecule has 0 amide bonds. The average molecular weight is 168 g/mol. The van der Waals surface area contributed by atoms with Crippen molar-refractivity contribution >= 4 is 0 Å². The van der Waals surface area contributed by atoms with E-state index in [1.165, 1.54) is 10.0 Å². The molecule has 0 aromatic carbocycles. The summed E-state index contributed by atoms with van der Waals surface area (Å²) in [6.07, 6.45) is 0.987. The number of aliphatic hydroxyl groups excluding tert-OH is 1. The van der Waals surface area contributed by atoms with Crippen molar-refractivity contribution in [2.75, 3.05) is 0 Å². The van der Waals surface area contributed by atoms with Crippen LogP contribution in [0.1, 0.15) is 20.3 Å². The predicted octanol–water partition coefficient (Wildman–Crippen LogP) is 1.70. The van der Waals surface area contributed by atoms with E-state index in [1.807, 2.05) is 6.92 Å². The van der Waals surface area contributed by atoms with E-state index < -0.39 is 0 Å². The van der Waals surface area contributed by atoms with Crippen LogP contribution >= 0.6 is 0 Å². The van der Waals surface area contributed by atoms with Gasteiger partial charge in [0.05, 0.1) is 0 Å². The monoisotopic (exact) mass is 166 g/mol. The molecule has 0 aliphatic heterocycles. The van der Waals surface area contributed by atoms with Crippen LogP contribution in [0.5, 0.6) is 0 Å². The van der Waals surface area contributed by atoms with E-state index in [0.717, 1.165) is 6.42 Å². The molecule has 0 bridgehead atoms. The van der Waals surface area contributed by atoms with Gasteiger partial charge in [0.25, 0.3) is 0 Å². The molecule has 0 saturated heterocycles. The van der Waals surface area contributed by atoms with Gasteiger partial charge >= 0.3 is 58.6 Å². The SMILES string of the molecule is C[CH2][Zn][CH2]C(O)CC. The fourth-order valence-corrected chi connectivity index (χ4v) is 3.35. The first-order valence-corrected chi connectivity index (χ1v) is 7.69. The van der Waals surface area contributed by atoms with Crippen LogP contribution in [-0.4, -0.2) is 11.2 Å². The molecule has 0 fully saturated rings. The Balaban J connectivity index is 2.86. The van der Waals surface area contributed by atoms with Gasteiger partial charge in [-0.1, -0.05) is 0 Å². The Morgan fingerprint density at radius 3 is 2.50 bits per heavy atom. The van der Waals surface area contributed by atoms with Crippen LogP contribution in [0.25, 0.3) is 0 Å². The third kappa shape index (κ3) is 4.74. The van der Waals surface area contributed by atoms with Gasteiger partial charge in [-0.2, -0.15) is 0 Å². The summed E-state index contributed by atoms with van der Waals surface area (Å²) in [5, 5.41) is 11.6. The van der Waals surface area contributed by atoms with E-state index in [9.17, 15) is 0 Å². The summed E-state index contributed by atoms with van der Waals surface area (Å²) in [4.78, 5) is 0. The van der Waals surface area contributed by atoms with E-state index >= 15 is 0 Å². The molecule has 0 spiro atoms. The number of hydrogen-bond acceptors (Lipinski definition) is 1. The summed E-state index contributed by atoms with van der Waals surface area (Å²) >= 11 is -0.254. The van der Waals surface area contributed by atoms with Gasteiger partial charge in [-0.25, -0.2) is 0 Å². The average Bonchev–Trinajstić information content (AvgIpc) is 1.83. The van der Waals surface area contributed by atoms with Crippen LogP contribution in [0.4, 0.5) is 0 Å². The molecule has 0 aromatic heterocycles. The van der Waals surface area contributed by atoms with E-state index in [1.54, 1.807) is 0 Å². The summed E-state index contributed by atoms with van der Waals surface area (Å²) in [6, 6.07) is 0. The molecule has 1 N–H and O–H groups in total. The van der Waals surface area contributed by atoms with Crippen molar-refractivity contribution in [1.82, 2.24) is 0 Å². The van der Waals surface area contributed by atoms with Gasteiger partial charge in [0.15, 0.2) is 0 Å². The molecule has 1 atom stereocenters. The van der Waals surface area contributed by atoms with Crippen molar-refractivity contribution in [3.8, 4) is 0 Å². The van der Waals surface area contributed by atoms with Crippen LogP contribution in [-0.2, 0) is 17.1 Å². The molecule has 46 valence electrons. The molecule has 8 heavy (non-hydrogen) atoms. The van der Waals surface area contributed by atoms with Crippen molar-refractivity contribution < 1.29 is 22.2 Å². The molecule has 1 unspecified atom stereocenters. The number of hydrogen-bond donors (Lipinski definition) is 1. The minimum absolute atomic E-state index is 0.0370. The molecule has 0 aliphatic carbocycles. The van der Waals surface area contributed by atoms with Gasteiger partial charge in [0.1, 0.15) is 0 Å². The summed E-state index contributed by atoms with van der Waals surface area (Å²) < 4.78 is 0. The first kappa shape index (κ1) is 8.58. The molecule has 0 radical (unpaired) electrons. The van der Waals surface area contributed by atoms with Crippen LogP contribution in [0.15, 0.2) is 0 Å². The normalized spacial score (nSPS) is 12.9. The molecule has 0 heterocycles. The van der Waals surface area contributed by atoms with Gasteiger partial charge in [0.2, 0.25) is 0 Å². The number of aliphatic hydroxyl groups is 1. The summed E-state index contributed by atoms with van der Waals surface area (Å²) in [5.74, 6) is 0. The molecule has 1 nitrogen and oxygen atoms in total. The zero-order chi connectivity index (χ0) is 6.41. The third-order valence-electron chi connectivity index (χ3n) is 1.36. The Hall–Kier alpha value is 0.583. The first-order valence-electron chi connectivity index (χ1n) is 3.49. The second kappa shape index (κ2) is 5.72. The number of rotatable bonds is 4. The Bertz CT molecular complexity index is 47.8. The van der Waals surface area contributed by atoms with Crippen molar-refractivity contribution in [1.29, 1.82) is 0 Å². The molecular weight excluding hydrogens is 153 g/mol. The van der Waals surface area contributed by atoms with Gasteiger partial charge < -0.3 is 0 Å². The topological polar surface area (TPSA) is 20.2 Å². The van der Waals surface area contributed by atoms with E-state index in [0.29, 0.717) is 0 Å². The van der Waals surface area contributed by atoms with Crippen LogP contribution in [0.2, 0.25) is 10.0 Å². The Morgan fingerprint density at radius 1 is 1.50 bits per heavy atom. The second-order valence-electron chi connectivity index (χ2n) is 2.20. The fourth-order valence-electron chi connectivity index (χ4n) is 0.644. The molecule has 0 aliphatic rings. The van der Waals surface area contributed by atoms with Crippen molar-refractivity contribution in [3.05, 3.63) is 0 Å². The summed E-state index contributed by atoms with van der Waals surface area (Å²) in [7, 11) is 0. The second-order valence-corrected chi connectivity index (χ2v) is 7.00. The van der Waals surface area contributed by atoms with Crippen molar-refractivity contribution in [3.63, 3.8) is 0 Å².